The van der Waals surface area contributed by atoms with Gasteiger partial charge in [0.2, 0.25) is 6.29 Å². The molecule has 0 aromatic carbocycles. The summed E-state index contributed by atoms with van der Waals surface area (Å²) in [6, 6.07) is 0. The van der Waals surface area contributed by atoms with Crippen molar-refractivity contribution in [3.63, 3.8) is 0 Å². The zero-order valence-electron chi connectivity index (χ0n) is 18.9. The molecule has 0 unspecified atom stereocenters. The van der Waals surface area contributed by atoms with Crippen molar-refractivity contribution < 1.29 is 33.3 Å². The topological polar surface area (TPSA) is 83.6 Å². The van der Waals surface area contributed by atoms with Gasteiger partial charge in [-0.2, -0.15) is 0 Å². The van der Waals surface area contributed by atoms with Gasteiger partial charge in [-0.3, -0.25) is 9.59 Å². The number of hydrogen-bond acceptors (Lipinski definition) is 7. The van der Waals surface area contributed by atoms with E-state index in [1.54, 1.807) is 6.26 Å². The lowest BCUT2D eigenvalue weighted by Gasteiger charge is -2.64. The Bertz CT molecular complexity index is 789. The predicted octanol–water partition coefficient (Wildman–Crippen LogP) is 3.36. The summed E-state index contributed by atoms with van der Waals surface area (Å²) in [4.78, 5) is 24.0. The van der Waals surface area contributed by atoms with Crippen molar-refractivity contribution >= 4 is 11.9 Å². The maximum atomic E-state index is 12.1. The van der Waals surface area contributed by atoms with Crippen molar-refractivity contribution in [1.29, 1.82) is 0 Å². The highest BCUT2D eigenvalue weighted by Crippen LogP contribution is 2.70. The molecule has 0 radical (unpaired) electrons. The maximum absolute atomic E-state index is 12.1. The number of carbonyl (C=O) groups is 2. The van der Waals surface area contributed by atoms with Crippen LogP contribution in [0.2, 0.25) is 0 Å². The molecule has 3 heterocycles. The van der Waals surface area contributed by atoms with Crippen LogP contribution < -0.4 is 0 Å². The molecule has 0 aromatic heterocycles. The summed E-state index contributed by atoms with van der Waals surface area (Å²) in [5.74, 6) is 0.0539. The number of hydrogen-bond donors (Lipinski definition) is 0. The van der Waals surface area contributed by atoms with E-state index in [0.717, 1.165) is 25.7 Å². The number of esters is 2. The van der Waals surface area contributed by atoms with Crippen molar-refractivity contribution in [2.24, 2.45) is 28.6 Å². The lowest BCUT2D eigenvalue weighted by atomic mass is 9.42. The molecule has 7 nitrogen and oxygen atoms in total. The second kappa shape index (κ2) is 7.20. The molecule has 0 amide bonds. The van der Waals surface area contributed by atoms with Gasteiger partial charge in [0.15, 0.2) is 0 Å². The Morgan fingerprint density at radius 3 is 2.61 bits per heavy atom. The van der Waals surface area contributed by atoms with E-state index in [1.165, 1.54) is 13.8 Å². The molecule has 2 saturated heterocycles. The first kappa shape index (κ1) is 21.3. The second-order valence-electron chi connectivity index (χ2n) is 10.5. The number of epoxide rings is 1. The van der Waals surface area contributed by atoms with Crippen LogP contribution in [0.15, 0.2) is 12.3 Å². The Kier molecular flexibility index (Phi) is 4.94. The van der Waals surface area contributed by atoms with E-state index in [4.69, 9.17) is 23.7 Å². The second-order valence-corrected chi connectivity index (χ2v) is 10.5. The number of ether oxygens (including phenoxy) is 5. The van der Waals surface area contributed by atoms with Crippen LogP contribution in [0.5, 0.6) is 0 Å². The number of rotatable bonds is 4. The Labute approximate surface area is 183 Å². The molecule has 2 aliphatic carbocycles. The predicted molar refractivity (Wildman–Crippen MR) is 110 cm³/mol. The molecule has 4 fully saturated rings. The molecule has 0 aromatic rings. The van der Waals surface area contributed by atoms with Crippen molar-refractivity contribution in [2.45, 2.75) is 83.9 Å². The van der Waals surface area contributed by atoms with E-state index in [9.17, 15) is 9.59 Å². The van der Waals surface area contributed by atoms with Gasteiger partial charge in [-0.15, -0.1) is 0 Å². The maximum Gasteiger partial charge on any atom is 0.302 e. The molecule has 1 spiro atoms. The zero-order chi connectivity index (χ0) is 22.0. The number of fused-ring (bicyclic) bond motifs is 3. The van der Waals surface area contributed by atoms with Gasteiger partial charge >= 0.3 is 11.9 Å². The van der Waals surface area contributed by atoms with Gasteiger partial charge in [0.05, 0.1) is 24.4 Å². The highest BCUT2D eigenvalue weighted by atomic mass is 16.7. The summed E-state index contributed by atoms with van der Waals surface area (Å²) < 4.78 is 30.0. The molecule has 9 atom stereocenters. The molecule has 3 aliphatic heterocycles. The van der Waals surface area contributed by atoms with Gasteiger partial charge < -0.3 is 23.7 Å². The van der Waals surface area contributed by atoms with E-state index >= 15 is 0 Å². The molecule has 5 aliphatic rings. The Morgan fingerprint density at radius 1 is 1.19 bits per heavy atom. The van der Waals surface area contributed by atoms with E-state index in [0.29, 0.717) is 13.0 Å². The first-order chi connectivity index (χ1) is 14.7. The fourth-order valence-corrected chi connectivity index (χ4v) is 7.46. The van der Waals surface area contributed by atoms with Gasteiger partial charge in [-0.1, -0.05) is 20.3 Å². The van der Waals surface area contributed by atoms with E-state index in [1.807, 2.05) is 0 Å². The van der Waals surface area contributed by atoms with E-state index in [2.05, 4.69) is 19.9 Å². The van der Waals surface area contributed by atoms with Crippen LogP contribution >= 0.6 is 0 Å². The Balaban J connectivity index is 1.58. The average Bonchev–Trinajstić information content (AvgIpc) is 3.15. The van der Waals surface area contributed by atoms with Crippen molar-refractivity contribution in [1.82, 2.24) is 0 Å². The van der Waals surface area contributed by atoms with Crippen molar-refractivity contribution in [3.05, 3.63) is 12.3 Å². The van der Waals surface area contributed by atoms with Crippen molar-refractivity contribution in [2.75, 3.05) is 13.2 Å². The molecule has 31 heavy (non-hydrogen) atoms. The molecule has 172 valence electrons. The summed E-state index contributed by atoms with van der Waals surface area (Å²) >= 11 is 0. The van der Waals surface area contributed by atoms with Gasteiger partial charge in [0.1, 0.15) is 18.3 Å². The molecule has 7 heteroatoms. The largest absolute Gasteiger partial charge is 0.472 e. The molecule has 5 rings (SSSR count). The average molecular weight is 435 g/mol. The monoisotopic (exact) mass is 434 g/mol. The highest BCUT2D eigenvalue weighted by Gasteiger charge is 2.76. The third kappa shape index (κ3) is 2.99. The standard InChI is InChI=1S/C24H34O7/c1-14-10-20(30-16(3)26)24(13-28-15(2)25)18(6-5-8-23(24)12-29-23)22(14,4)19-11-17-7-9-27-21(17)31-19/h7,9,14,17-21H,5-6,8,10-13H2,1-4H3/t14-,17+,18+,19+,20+,21-,22-,23-,24+/m0/s1. The molecule has 0 bridgehead atoms. The summed E-state index contributed by atoms with van der Waals surface area (Å²) in [7, 11) is 0. The summed E-state index contributed by atoms with van der Waals surface area (Å²) in [6.07, 6.45) is 7.82. The fourth-order valence-electron chi connectivity index (χ4n) is 7.46. The van der Waals surface area contributed by atoms with Crippen LogP contribution in [0.4, 0.5) is 0 Å². The SMILES string of the molecule is CC(=O)OC[C@]12[C@H](CCC[C@]13CO3)[C@@](C)([C@H]1C[C@H]3C=CO[C@H]3O1)[C@@H](C)C[C@H]2OC(C)=O. The fraction of sp³-hybridized carbons (Fsp3) is 0.833. The smallest absolute Gasteiger partial charge is 0.302 e. The third-order valence-corrected chi connectivity index (χ3v) is 9.18. The van der Waals surface area contributed by atoms with Gasteiger partial charge in [0.25, 0.3) is 0 Å². The lowest BCUT2D eigenvalue weighted by molar-refractivity contribution is -0.253. The van der Waals surface area contributed by atoms with Gasteiger partial charge in [0, 0.05) is 25.2 Å². The summed E-state index contributed by atoms with van der Waals surface area (Å²) in [6.45, 7) is 8.30. The van der Waals surface area contributed by atoms with Crippen LogP contribution in [0.1, 0.15) is 59.8 Å². The number of carbonyl (C=O) groups excluding carboxylic acids is 2. The minimum absolute atomic E-state index is 0.0244. The molecule has 2 saturated carbocycles. The Morgan fingerprint density at radius 2 is 1.97 bits per heavy atom. The summed E-state index contributed by atoms with van der Waals surface area (Å²) in [5.41, 5.74) is -1.16. The van der Waals surface area contributed by atoms with E-state index in [-0.39, 0.29) is 60.2 Å². The van der Waals surface area contributed by atoms with Crippen LogP contribution in [0.3, 0.4) is 0 Å². The van der Waals surface area contributed by atoms with Gasteiger partial charge in [-0.05, 0) is 43.6 Å². The quantitative estimate of drug-likeness (QED) is 0.496. The lowest BCUT2D eigenvalue weighted by Crippen LogP contribution is -2.69. The van der Waals surface area contributed by atoms with E-state index < -0.39 is 11.0 Å². The third-order valence-electron chi connectivity index (χ3n) is 9.18. The first-order valence-corrected chi connectivity index (χ1v) is 11.6. The van der Waals surface area contributed by atoms with Crippen LogP contribution in [0, 0.1) is 28.6 Å². The molecular formula is C24H34O7. The molecular weight excluding hydrogens is 400 g/mol. The highest BCUT2D eigenvalue weighted by molar-refractivity contribution is 5.67. The van der Waals surface area contributed by atoms with Crippen molar-refractivity contribution in [3.8, 4) is 0 Å². The molecule has 0 N–H and O–H groups in total. The van der Waals surface area contributed by atoms with Gasteiger partial charge in [-0.25, -0.2) is 0 Å². The first-order valence-electron chi connectivity index (χ1n) is 11.6. The van der Waals surface area contributed by atoms with Crippen LogP contribution in [-0.2, 0) is 33.3 Å². The zero-order valence-corrected chi connectivity index (χ0v) is 18.9. The van der Waals surface area contributed by atoms with Crippen LogP contribution in [0.25, 0.3) is 0 Å². The minimum Gasteiger partial charge on any atom is -0.472 e. The normalized spacial score (nSPS) is 49.8. The van der Waals surface area contributed by atoms with Crippen LogP contribution in [-0.4, -0.2) is 49.3 Å². The minimum atomic E-state index is -0.568. The Hall–Kier alpha value is -1.60. The summed E-state index contributed by atoms with van der Waals surface area (Å²) in [5, 5.41) is 0.